The predicted octanol–water partition coefficient (Wildman–Crippen LogP) is 3.15. The molecule has 1 aromatic heterocycles. The van der Waals surface area contributed by atoms with E-state index in [1.165, 1.54) is 4.31 Å². The average molecular weight is 606 g/mol. The third kappa shape index (κ3) is 6.66. The van der Waals surface area contributed by atoms with E-state index in [1.54, 1.807) is 19.2 Å². The fraction of sp³-hybridized carbons (Fsp3) is 0.400. The Morgan fingerprint density at radius 3 is 2.12 bits per heavy atom. The maximum absolute atomic E-state index is 13.4. The first kappa shape index (κ1) is 31.5. The lowest BCUT2D eigenvalue weighted by Crippen LogP contribution is -2.40. The maximum atomic E-state index is 13.4. The van der Waals surface area contributed by atoms with Gasteiger partial charge in [0.05, 0.1) is 26.0 Å². The summed E-state index contributed by atoms with van der Waals surface area (Å²) in [7, 11) is -1.97. The molecule has 2 aromatic carbocycles. The fourth-order valence-electron chi connectivity index (χ4n) is 4.64. The van der Waals surface area contributed by atoms with Gasteiger partial charge in [-0.1, -0.05) is 18.2 Å². The Bertz CT molecular complexity index is 1610. The molecule has 1 atom stereocenters. The van der Waals surface area contributed by atoms with Crippen molar-refractivity contribution in [3.8, 4) is 0 Å². The molecule has 0 bridgehead atoms. The van der Waals surface area contributed by atoms with E-state index in [-0.39, 0.29) is 17.5 Å². The summed E-state index contributed by atoms with van der Waals surface area (Å²) < 4.78 is 89.6. The Balaban J connectivity index is 0.000000482. The van der Waals surface area contributed by atoms with Crippen molar-refractivity contribution in [1.29, 1.82) is 0 Å². The number of rotatable bonds is 6. The van der Waals surface area contributed by atoms with Gasteiger partial charge < -0.3 is 14.2 Å². The molecule has 3 aromatic rings. The smallest absolute Gasteiger partial charge is 0.485 e. The fourth-order valence-corrected chi connectivity index (χ4v) is 6.02. The molecule has 1 heterocycles. The van der Waals surface area contributed by atoms with E-state index < -0.39 is 31.6 Å². The van der Waals surface area contributed by atoms with Crippen molar-refractivity contribution in [3.05, 3.63) is 59.8 Å². The quantitative estimate of drug-likeness (QED) is 0.259. The lowest BCUT2D eigenvalue weighted by atomic mass is 9.91. The molecular formula is C25H30F3N3O7S2. The maximum Gasteiger partial charge on any atom is 0.485 e. The van der Waals surface area contributed by atoms with E-state index in [0.717, 1.165) is 27.8 Å². The third-order valence-corrected chi connectivity index (χ3v) is 9.22. The van der Waals surface area contributed by atoms with Crippen LogP contribution in [-0.2, 0) is 44.3 Å². The number of para-hydroxylation sites is 1. The number of alkyl halides is 3. The molecule has 220 valence electrons. The number of likely N-dealkylation sites (N-methyl/N-ethyl adjacent to an activating group) is 1. The van der Waals surface area contributed by atoms with Gasteiger partial charge in [-0.25, -0.2) is 16.8 Å². The molecule has 0 saturated carbocycles. The zero-order valence-electron chi connectivity index (χ0n) is 22.2. The number of aliphatic carboxylic acids is 1. The molecule has 40 heavy (non-hydrogen) atoms. The van der Waals surface area contributed by atoms with Gasteiger partial charge in [0, 0.05) is 41.8 Å². The van der Waals surface area contributed by atoms with Crippen LogP contribution in [0.25, 0.3) is 10.9 Å². The monoisotopic (exact) mass is 605 g/mol. The highest BCUT2D eigenvalue weighted by molar-refractivity contribution is 7.89. The second kappa shape index (κ2) is 11.1. The molecule has 1 aliphatic rings. The molecule has 10 nitrogen and oxygen atoms in total. The first-order valence-electron chi connectivity index (χ1n) is 12.0. The van der Waals surface area contributed by atoms with Gasteiger partial charge in [0.15, 0.2) is 10.1 Å². The number of carboxylic acids is 1. The molecule has 1 aliphatic carbocycles. The highest BCUT2D eigenvalue weighted by atomic mass is 32.2. The van der Waals surface area contributed by atoms with E-state index in [4.69, 9.17) is 13.0 Å². The number of hydrogen-bond acceptors (Lipinski definition) is 6. The molecule has 0 fully saturated rings. The molecule has 4 rings (SSSR count). The molecule has 0 radical (unpaired) electrons. The van der Waals surface area contributed by atoms with Crippen molar-refractivity contribution in [3.63, 3.8) is 0 Å². The number of fused-ring (bicyclic) bond motifs is 3. The van der Waals surface area contributed by atoms with E-state index in [9.17, 15) is 31.5 Å². The summed E-state index contributed by atoms with van der Waals surface area (Å²) in [6, 6.07) is 14.7. The van der Waals surface area contributed by atoms with Crippen molar-refractivity contribution < 1.29 is 44.5 Å². The minimum Gasteiger partial charge on any atom is -0.741 e. The van der Waals surface area contributed by atoms with Crippen molar-refractivity contribution in [2.45, 2.75) is 42.3 Å². The van der Waals surface area contributed by atoms with Gasteiger partial charge in [-0.3, -0.25) is 9.28 Å². The topological polar surface area (TPSA) is 137 Å². The lowest BCUT2D eigenvalue weighted by Gasteiger charge is -2.31. The highest BCUT2D eigenvalue weighted by Gasteiger charge is 2.37. The SMILES string of the molecule is CN(C1CCc2c(c3ccccc3n2CC(=O)O)C1)S(=O)(=O)c1ccc([N+](C)(C)C)cc1.O=S(=O)([O-])C(F)(F)F. The number of nitrogens with zero attached hydrogens (tertiary/aromatic N) is 3. The largest absolute Gasteiger partial charge is 0.741 e. The Labute approximate surface area is 230 Å². The number of hydrogen-bond donors (Lipinski definition) is 1. The molecule has 0 aliphatic heterocycles. The van der Waals surface area contributed by atoms with Crippen LogP contribution in [0.4, 0.5) is 18.9 Å². The van der Waals surface area contributed by atoms with Gasteiger partial charge in [-0.15, -0.1) is 0 Å². The number of quaternary nitrogens is 1. The summed E-state index contributed by atoms with van der Waals surface area (Å²) in [5.74, 6) is -0.882. The molecule has 1 unspecified atom stereocenters. The summed E-state index contributed by atoms with van der Waals surface area (Å²) in [5, 5.41) is 10.4. The normalized spacial score (nSPS) is 16.4. The van der Waals surface area contributed by atoms with E-state index in [0.29, 0.717) is 23.7 Å². The van der Waals surface area contributed by atoms with Crippen LogP contribution in [0.15, 0.2) is 53.4 Å². The Morgan fingerprint density at radius 1 is 1.07 bits per heavy atom. The first-order chi connectivity index (χ1) is 18.2. The van der Waals surface area contributed by atoms with Gasteiger partial charge >= 0.3 is 11.5 Å². The number of aromatic nitrogens is 1. The van der Waals surface area contributed by atoms with Gasteiger partial charge in [-0.05, 0) is 43.0 Å². The first-order valence-corrected chi connectivity index (χ1v) is 14.8. The molecule has 1 N–H and O–H groups in total. The van der Waals surface area contributed by atoms with Gasteiger partial charge in [0.25, 0.3) is 0 Å². The number of sulfonamides is 1. The van der Waals surface area contributed by atoms with Crippen LogP contribution in [0.5, 0.6) is 0 Å². The minimum atomic E-state index is -6.09. The number of carboxylic acid groups (broad SMARTS) is 1. The average Bonchev–Trinajstić information content (AvgIpc) is 3.15. The lowest BCUT2D eigenvalue weighted by molar-refractivity contribution is -0.137. The Hall–Kier alpha value is -2.98. The van der Waals surface area contributed by atoms with E-state index in [2.05, 4.69) is 0 Å². The van der Waals surface area contributed by atoms with Crippen LogP contribution in [0.2, 0.25) is 0 Å². The summed E-state index contributed by atoms with van der Waals surface area (Å²) in [5.41, 5.74) is -1.67. The van der Waals surface area contributed by atoms with Crippen LogP contribution >= 0.6 is 0 Å². The third-order valence-electron chi connectivity index (χ3n) is 6.73. The summed E-state index contributed by atoms with van der Waals surface area (Å²) in [6.45, 7) is -0.0900. The van der Waals surface area contributed by atoms with E-state index in [1.807, 2.05) is 62.1 Å². The zero-order valence-corrected chi connectivity index (χ0v) is 23.8. The molecule has 0 saturated heterocycles. The molecule has 0 spiro atoms. The van der Waals surface area contributed by atoms with Crippen LogP contribution in [-0.4, -0.2) is 81.1 Å². The van der Waals surface area contributed by atoms with Crippen molar-refractivity contribution >= 4 is 42.7 Å². The number of halogens is 3. The summed E-state index contributed by atoms with van der Waals surface area (Å²) in [4.78, 5) is 11.7. The van der Waals surface area contributed by atoms with Crippen LogP contribution < -0.4 is 4.48 Å². The molecular weight excluding hydrogens is 575 g/mol. The van der Waals surface area contributed by atoms with Crippen LogP contribution in [0.3, 0.4) is 0 Å². The van der Waals surface area contributed by atoms with Crippen molar-refractivity contribution in [2.75, 3.05) is 28.2 Å². The van der Waals surface area contributed by atoms with Gasteiger partial charge in [0.2, 0.25) is 10.0 Å². The Kier molecular flexibility index (Phi) is 8.77. The number of carbonyl (C=O) groups is 1. The Morgan fingerprint density at radius 2 is 1.62 bits per heavy atom. The standard InChI is InChI=1S/C24H29N3O4S.CHF3O3S/c1-25(32(30,31)19-12-10-18(11-13-19)27(2,3)4)17-9-14-23-21(15-17)20-7-5-6-8-22(20)26(23)16-24(28)29;2-1(3,4)8(5,6)7/h5-8,10-13,17H,9,14-16H2,1-4H3;(H,5,6,7). The number of benzene rings is 2. The second-order valence-corrected chi connectivity index (χ2v) is 13.6. The molecule has 15 heteroatoms. The highest BCUT2D eigenvalue weighted by Crippen LogP contribution is 2.35. The molecule has 0 amide bonds. The van der Waals surface area contributed by atoms with Crippen LogP contribution in [0, 0.1) is 0 Å². The minimum absolute atomic E-state index is 0.0900. The predicted molar refractivity (Wildman–Crippen MR) is 142 cm³/mol. The van der Waals surface area contributed by atoms with Crippen molar-refractivity contribution in [2.24, 2.45) is 0 Å². The van der Waals surface area contributed by atoms with Gasteiger partial charge in [0.1, 0.15) is 12.2 Å². The van der Waals surface area contributed by atoms with Crippen LogP contribution in [0.1, 0.15) is 17.7 Å². The summed E-state index contributed by atoms with van der Waals surface area (Å²) in [6.07, 6.45) is 1.85. The second-order valence-electron chi connectivity index (χ2n) is 10.2. The van der Waals surface area contributed by atoms with Gasteiger partial charge in [-0.2, -0.15) is 17.5 Å². The summed E-state index contributed by atoms with van der Waals surface area (Å²) >= 11 is 0. The zero-order chi connectivity index (χ0) is 30.3. The van der Waals surface area contributed by atoms with E-state index >= 15 is 0 Å². The van der Waals surface area contributed by atoms with Crippen molar-refractivity contribution in [1.82, 2.24) is 13.4 Å².